The molecular formula is C15H15NO. The lowest BCUT2D eigenvalue weighted by molar-refractivity contribution is 0.414. The van der Waals surface area contributed by atoms with Crippen LogP contribution in [0.2, 0.25) is 0 Å². The molecule has 0 atom stereocenters. The number of nitrogens with zero attached hydrogens (tertiary/aromatic N) is 1. The molecule has 0 N–H and O–H groups in total. The molecule has 0 spiro atoms. The molecule has 2 aromatic rings. The molecule has 86 valence electrons. The number of hydrogen-bond acceptors (Lipinski definition) is 2. The van der Waals surface area contributed by atoms with E-state index in [1.165, 1.54) is 11.1 Å². The summed E-state index contributed by atoms with van der Waals surface area (Å²) in [7, 11) is 1.68. The summed E-state index contributed by atoms with van der Waals surface area (Å²) in [4.78, 5) is 4.08. The van der Waals surface area contributed by atoms with E-state index in [0.717, 1.165) is 11.3 Å². The Balaban J connectivity index is 2.29. The van der Waals surface area contributed by atoms with Gasteiger partial charge in [-0.05, 0) is 30.2 Å². The van der Waals surface area contributed by atoms with Crippen molar-refractivity contribution in [1.29, 1.82) is 0 Å². The van der Waals surface area contributed by atoms with Crippen LogP contribution in [0, 0.1) is 6.92 Å². The van der Waals surface area contributed by atoms with Gasteiger partial charge in [-0.15, -0.1) is 0 Å². The lowest BCUT2D eigenvalue weighted by atomic mass is 10.1. The Labute approximate surface area is 102 Å². The SMILES string of the molecule is COc1ccccc1/C=C/c1ccncc1C. The number of para-hydroxylation sites is 1. The summed E-state index contributed by atoms with van der Waals surface area (Å²) in [5.74, 6) is 0.885. The van der Waals surface area contributed by atoms with Crippen molar-refractivity contribution in [1.82, 2.24) is 4.98 Å². The Morgan fingerprint density at radius 2 is 1.82 bits per heavy atom. The Kier molecular flexibility index (Phi) is 3.55. The van der Waals surface area contributed by atoms with Crippen molar-refractivity contribution in [3.8, 4) is 5.75 Å². The van der Waals surface area contributed by atoms with Gasteiger partial charge in [0.15, 0.2) is 0 Å². The zero-order valence-corrected chi connectivity index (χ0v) is 10.1. The fraction of sp³-hybridized carbons (Fsp3) is 0.133. The second-order valence-electron chi connectivity index (χ2n) is 3.81. The fourth-order valence-electron chi connectivity index (χ4n) is 1.65. The maximum absolute atomic E-state index is 5.30. The third-order valence-electron chi connectivity index (χ3n) is 2.65. The number of benzene rings is 1. The first-order valence-corrected chi connectivity index (χ1v) is 5.53. The van der Waals surface area contributed by atoms with E-state index in [9.17, 15) is 0 Å². The molecule has 0 aliphatic carbocycles. The summed E-state index contributed by atoms with van der Waals surface area (Å²) in [6.07, 6.45) is 7.80. The van der Waals surface area contributed by atoms with Crippen LogP contribution in [0.15, 0.2) is 42.7 Å². The van der Waals surface area contributed by atoms with Crippen molar-refractivity contribution in [2.45, 2.75) is 6.92 Å². The van der Waals surface area contributed by atoms with Crippen LogP contribution < -0.4 is 4.74 Å². The average Bonchev–Trinajstić information content (AvgIpc) is 2.38. The zero-order chi connectivity index (χ0) is 12.1. The lowest BCUT2D eigenvalue weighted by Crippen LogP contribution is -1.86. The average molecular weight is 225 g/mol. The molecule has 0 aliphatic heterocycles. The third kappa shape index (κ3) is 2.72. The molecule has 2 rings (SSSR count). The van der Waals surface area contributed by atoms with E-state index < -0.39 is 0 Å². The van der Waals surface area contributed by atoms with Gasteiger partial charge in [-0.25, -0.2) is 0 Å². The molecular weight excluding hydrogens is 210 g/mol. The number of rotatable bonds is 3. The normalized spacial score (nSPS) is 10.7. The van der Waals surface area contributed by atoms with E-state index in [4.69, 9.17) is 4.74 Å². The van der Waals surface area contributed by atoms with Crippen LogP contribution in [0.3, 0.4) is 0 Å². The maximum atomic E-state index is 5.30. The molecule has 0 bridgehead atoms. The molecule has 0 radical (unpaired) electrons. The number of aryl methyl sites for hydroxylation is 1. The van der Waals surface area contributed by atoms with E-state index in [1.807, 2.05) is 36.5 Å². The zero-order valence-electron chi connectivity index (χ0n) is 10.1. The molecule has 1 aromatic heterocycles. The Morgan fingerprint density at radius 3 is 2.59 bits per heavy atom. The molecule has 2 nitrogen and oxygen atoms in total. The Morgan fingerprint density at radius 1 is 1.06 bits per heavy atom. The van der Waals surface area contributed by atoms with Crippen LogP contribution in [0.4, 0.5) is 0 Å². The summed E-state index contributed by atoms with van der Waals surface area (Å²) in [5, 5.41) is 0. The van der Waals surface area contributed by atoms with E-state index in [2.05, 4.69) is 24.1 Å². The number of hydrogen-bond donors (Lipinski definition) is 0. The van der Waals surface area contributed by atoms with Gasteiger partial charge < -0.3 is 4.74 Å². The van der Waals surface area contributed by atoms with Gasteiger partial charge in [0.05, 0.1) is 7.11 Å². The second-order valence-corrected chi connectivity index (χ2v) is 3.81. The molecule has 17 heavy (non-hydrogen) atoms. The molecule has 0 unspecified atom stereocenters. The van der Waals surface area contributed by atoms with E-state index >= 15 is 0 Å². The molecule has 2 heteroatoms. The predicted octanol–water partition coefficient (Wildman–Crippen LogP) is 3.57. The smallest absolute Gasteiger partial charge is 0.126 e. The highest BCUT2D eigenvalue weighted by Crippen LogP contribution is 2.20. The molecule has 1 aromatic carbocycles. The molecule has 0 aliphatic rings. The first-order chi connectivity index (χ1) is 8.31. The van der Waals surface area contributed by atoms with Crippen molar-refractivity contribution in [3.05, 3.63) is 59.4 Å². The van der Waals surface area contributed by atoms with Crippen molar-refractivity contribution in [2.24, 2.45) is 0 Å². The van der Waals surface area contributed by atoms with Crippen LogP contribution in [0.1, 0.15) is 16.7 Å². The minimum atomic E-state index is 0.885. The Bertz CT molecular complexity index is 532. The standard InChI is InChI=1S/C15H15NO/c1-12-11-16-10-9-13(12)7-8-14-5-3-4-6-15(14)17-2/h3-11H,1-2H3/b8-7+. The lowest BCUT2D eigenvalue weighted by Gasteiger charge is -2.03. The first kappa shape index (κ1) is 11.4. The van der Waals surface area contributed by atoms with Gasteiger partial charge in [0.25, 0.3) is 0 Å². The van der Waals surface area contributed by atoms with Gasteiger partial charge >= 0.3 is 0 Å². The molecule has 0 saturated carbocycles. The summed E-state index contributed by atoms with van der Waals surface area (Å²) < 4.78 is 5.30. The monoisotopic (exact) mass is 225 g/mol. The van der Waals surface area contributed by atoms with Crippen molar-refractivity contribution in [2.75, 3.05) is 7.11 Å². The predicted molar refractivity (Wildman–Crippen MR) is 70.9 cm³/mol. The summed E-state index contributed by atoms with van der Waals surface area (Å²) in [5.41, 5.74) is 3.41. The molecule has 0 saturated heterocycles. The number of aromatic nitrogens is 1. The minimum absolute atomic E-state index is 0.885. The highest BCUT2D eigenvalue weighted by atomic mass is 16.5. The summed E-state index contributed by atoms with van der Waals surface area (Å²) >= 11 is 0. The summed E-state index contributed by atoms with van der Waals surface area (Å²) in [6.45, 7) is 2.05. The van der Waals surface area contributed by atoms with Crippen LogP contribution in [0.25, 0.3) is 12.2 Å². The quantitative estimate of drug-likeness (QED) is 0.796. The topological polar surface area (TPSA) is 22.1 Å². The Hall–Kier alpha value is -2.09. The second kappa shape index (κ2) is 5.30. The van der Waals surface area contributed by atoms with Gasteiger partial charge in [-0.2, -0.15) is 0 Å². The first-order valence-electron chi connectivity index (χ1n) is 5.53. The van der Waals surface area contributed by atoms with Gasteiger partial charge in [-0.1, -0.05) is 30.4 Å². The highest BCUT2D eigenvalue weighted by Gasteiger charge is 1.97. The highest BCUT2D eigenvalue weighted by molar-refractivity contribution is 5.73. The largest absolute Gasteiger partial charge is 0.496 e. The van der Waals surface area contributed by atoms with Gasteiger partial charge in [-0.3, -0.25) is 4.98 Å². The fourth-order valence-corrected chi connectivity index (χ4v) is 1.65. The van der Waals surface area contributed by atoms with Crippen molar-refractivity contribution in [3.63, 3.8) is 0 Å². The number of pyridine rings is 1. The van der Waals surface area contributed by atoms with Crippen LogP contribution >= 0.6 is 0 Å². The molecule has 0 fully saturated rings. The minimum Gasteiger partial charge on any atom is -0.496 e. The van der Waals surface area contributed by atoms with Gasteiger partial charge in [0, 0.05) is 18.0 Å². The third-order valence-corrected chi connectivity index (χ3v) is 2.65. The van der Waals surface area contributed by atoms with Gasteiger partial charge in [0.1, 0.15) is 5.75 Å². The number of ether oxygens (including phenoxy) is 1. The van der Waals surface area contributed by atoms with Gasteiger partial charge in [0.2, 0.25) is 0 Å². The maximum Gasteiger partial charge on any atom is 0.126 e. The molecule has 1 heterocycles. The van der Waals surface area contributed by atoms with Crippen molar-refractivity contribution >= 4 is 12.2 Å². The van der Waals surface area contributed by atoms with Crippen molar-refractivity contribution < 1.29 is 4.74 Å². The number of methoxy groups -OCH3 is 1. The van der Waals surface area contributed by atoms with Crippen LogP contribution in [-0.2, 0) is 0 Å². The van der Waals surface area contributed by atoms with Crippen LogP contribution in [0.5, 0.6) is 5.75 Å². The van der Waals surface area contributed by atoms with E-state index in [0.29, 0.717) is 0 Å². The van der Waals surface area contributed by atoms with E-state index in [1.54, 1.807) is 13.3 Å². The van der Waals surface area contributed by atoms with Crippen LogP contribution in [-0.4, -0.2) is 12.1 Å². The summed E-state index contributed by atoms with van der Waals surface area (Å²) in [6, 6.07) is 9.96. The van der Waals surface area contributed by atoms with E-state index in [-0.39, 0.29) is 0 Å². The molecule has 0 amide bonds.